The summed E-state index contributed by atoms with van der Waals surface area (Å²) in [4.78, 5) is 54.0. The van der Waals surface area contributed by atoms with E-state index in [1.54, 1.807) is 0 Å². The standard InChI is InChI=1S/C10H10N10O12/c21-17(22)7-1-11-16(2-7)8-12-14-9(15-13-8)29-3-10(4-30-18(23)24,5-31-19(25)26)6-32-20(27)28/h1-2H,3-6H2. The highest BCUT2D eigenvalue weighted by Crippen LogP contribution is 2.21. The second-order valence-electron chi connectivity index (χ2n) is 5.66. The van der Waals surface area contributed by atoms with Crippen molar-refractivity contribution in [3.63, 3.8) is 0 Å². The summed E-state index contributed by atoms with van der Waals surface area (Å²) >= 11 is 0. The molecule has 0 amide bonds. The molecule has 0 aromatic carbocycles. The van der Waals surface area contributed by atoms with Gasteiger partial charge in [-0.1, -0.05) is 10.2 Å². The van der Waals surface area contributed by atoms with Gasteiger partial charge in [0.05, 0.1) is 10.3 Å². The fraction of sp³-hybridized carbons (Fsp3) is 0.500. The number of ether oxygens (including phenoxy) is 1. The van der Waals surface area contributed by atoms with Crippen LogP contribution in [-0.2, 0) is 14.5 Å². The SMILES string of the molecule is O=[N+]([O-])OCC(COc1nnc(-n2cc([N+](=O)[O-])cn2)nn1)(CO[N+](=O)[O-])CO[N+](=O)[O-]. The smallest absolute Gasteiger partial charge is 0.355 e. The molecule has 0 aliphatic rings. The van der Waals surface area contributed by atoms with E-state index in [1.807, 2.05) is 0 Å². The molecule has 0 saturated carbocycles. The van der Waals surface area contributed by atoms with Gasteiger partial charge >= 0.3 is 11.7 Å². The molecule has 0 aliphatic carbocycles. The van der Waals surface area contributed by atoms with Crippen LogP contribution in [0.5, 0.6) is 6.01 Å². The number of aromatic nitrogens is 6. The number of nitro groups is 1. The van der Waals surface area contributed by atoms with Crippen molar-refractivity contribution >= 4 is 5.69 Å². The first kappa shape index (κ1) is 23.2. The number of hydrogen-bond donors (Lipinski definition) is 0. The number of hydrogen-bond acceptors (Lipinski definition) is 17. The molecule has 2 rings (SSSR count). The third-order valence-corrected chi connectivity index (χ3v) is 3.37. The molecular weight excluding hydrogens is 452 g/mol. The summed E-state index contributed by atoms with van der Waals surface area (Å²) in [6.45, 7) is -3.65. The largest absolute Gasteiger partial charge is 0.461 e. The van der Waals surface area contributed by atoms with Crippen molar-refractivity contribution < 1.29 is 39.4 Å². The van der Waals surface area contributed by atoms with Gasteiger partial charge in [0.25, 0.3) is 21.2 Å². The van der Waals surface area contributed by atoms with Gasteiger partial charge in [-0.05, 0) is 0 Å². The molecule has 0 radical (unpaired) electrons. The van der Waals surface area contributed by atoms with Gasteiger partial charge in [-0.25, -0.2) is 0 Å². The zero-order valence-corrected chi connectivity index (χ0v) is 15.4. The van der Waals surface area contributed by atoms with Crippen LogP contribution in [0.15, 0.2) is 12.4 Å². The Labute approximate surface area is 173 Å². The summed E-state index contributed by atoms with van der Waals surface area (Å²) in [6, 6.07) is -0.567. The molecule has 172 valence electrons. The predicted molar refractivity (Wildman–Crippen MR) is 88.2 cm³/mol. The summed E-state index contributed by atoms with van der Waals surface area (Å²) in [5.74, 6) is -0.290. The van der Waals surface area contributed by atoms with Crippen molar-refractivity contribution in [2.45, 2.75) is 0 Å². The molecule has 0 bridgehead atoms. The molecule has 2 aromatic heterocycles. The Morgan fingerprint density at radius 1 is 0.812 bits per heavy atom. The normalized spacial score (nSPS) is 10.8. The maximum atomic E-state index is 10.7. The lowest BCUT2D eigenvalue weighted by atomic mass is 9.92. The van der Waals surface area contributed by atoms with Gasteiger partial charge in [-0.15, -0.1) is 40.5 Å². The Hall–Kier alpha value is -5.05. The van der Waals surface area contributed by atoms with Crippen LogP contribution in [0.25, 0.3) is 5.95 Å². The Morgan fingerprint density at radius 3 is 1.72 bits per heavy atom. The highest BCUT2D eigenvalue weighted by atomic mass is 17.0. The Kier molecular flexibility index (Phi) is 7.35. The Morgan fingerprint density at radius 2 is 1.31 bits per heavy atom. The van der Waals surface area contributed by atoms with Crippen molar-refractivity contribution in [1.82, 2.24) is 30.2 Å². The molecule has 22 nitrogen and oxygen atoms in total. The minimum Gasteiger partial charge on any atom is -0.461 e. The second-order valence-corrected chi connectivity index (χ2v) is 5.66. The van der Waals surface area contributed by atoms with Gasteiger partial charge in [0.15, 0.2) is 0 Å². The maximum Gasteiger partial charge on any atom is 0.355 e. The molecule has 22 heteroatoms. The first-order valence-corrected chi connectivity index (χ1v) is 7.82. The van der Waals surface area contributed by atoms with Crippen LogP contribution in [0.1, 0.15) is 0 Å². The summed E-state index contributed by atoms with van der Waals surface area (Å²) in [5.41, 5.74) is -2.29. The minimum absolute atomic E-state index is 0.290. The van der Waals surface area contributed by atoms with E-state index in [4.69, 9.17) is 4.74 Å². The Balaban J connectivity index is 2.15. The molecule has 0 saturated heterocycles. The van der Waals surface area contributed by atoms with Gasteiger partial charge < -0.3 is 19.2 Å². The van der Waals surface area contributed by atoms with Crippen LogP contribution in [0.2, 0.25) is 0 Å². The summed E-state index contributed by atoms with van der Waals surface area (Å²) in [5, 5.41) is 56.2. The van der Waals surface area contributed by atoms with Crippen LogP contribution in [-0.4, -0.2) is 76.8 Å². The molecule has 2 heterocycles. The molecule has 0 unspecified atom stereocenters. The summed E-state index contributed by atoms with van der Waals surface area (Å²) < 4.78 is 5.99. The fourth-order valence-corrected chi connectivity index (χ4v) is 1.92. The molecule has 0 spiro atoms. The van der Waals surface area contributed by atoms with Crippen LogP contribution in [0, 0.1) is 45.9 Å². The molecule has 32 heavy (non-hydrogen) atoms. The van der Waals surface area contributed by atoms with Crippen molar-refractivity contribution in [3.8, 4) is 12.0 Å². The summed E-state index contributed by atoms with van der Waals surface area (Å²) in [6.07, 6.45) is 1.89. The van der Waals surface area contributed by atoms with E-state index < -0.39 is 58.0 Å². The van der Waals surface area contributed by atoms with Crippen molar-refractivity contribution in [2.24, 2.45) is 5.41 Å². The first-order valence-electron chi connectivity index (χ1n) is 7.82. The monoisotopic (exact) mass is 462 g/mol. The average molecular weight is 462 g/mol. The highest BCUT2D eigenvalue weighted by Gasteiger charge is 2.37. The molecule has 0 fully saturated rings. The lowest BCUT2D eigenvalue weighted by Gasteiger charge is -2.29. The van der Waals surface area contributed by atoms with Gasteiger partial charge in [0, 0.05) is 0 Å². The van der Waals surface area contributed by atoms with Gasteiger partial charge in [-0.3, -0.25) is 10.1 Å². The lowest BCUT2D eigenvalue weighted by Crippen LogP contribution is -2.44. The van der Waals surface area contributed by atoms with Crippen LogP contribution >= 0.6 is 0 Å². The highest BCUT2D eigenvalue weighted by molar-refractivity contribution is 5.24. The quantitative estimate of drug-likeness (QED) is 0.224. The van der Waals surface area contributed by atoms with Crippen LogP contribution in [0.4, 0.5) is 5.69 Å². The topological polar surface area (TPSA) is 279 Å². The van der Waals surface area contributed by atoms with E-state index >= 15 is 0 Å². The maximum absolute atomic E-state index is 10.7. The fourth-order valence-electron chi connectivity index (χ4n) is 1.92. The number of nitrogens with zero attached hydrogens (tertiary/aromatic N) is 10. The zero-order chi connectivity index (χ0) is 23.7. The van der Waals surface area contributed by atoms with E-state index in [9.17, 15) is 40.5 Å². The van der Waals surface area contributed by atoms with Gasteiger partial charge in [0.1, 0.15) is 38.8 Å². The van der Waals surface area contributed by atoms with E-state index in [0.717, 1.165) is 17.1 Å². The average Bonchev–Trinajstić information content (AvgIpc) is 3.23. The van der Waals surface area contributed by atoms with Crippen molar-refractivity contribution in [1.29, 1.82) is 0 Å². The molecule has 0 atom stereocenters. The van der Waals surface area contributed by atoms with Crippen molar-refractivity contribution in [2.75, 3.05) is 26.4 Å². The van der Waals surface area contributed by atoms with E-state index in [-0.39, 0.29) is 11.6 Å². The van der Waals surface area contributed by atoms with E-state index in [1.165, 1.54) is 0 Å². The molecule has 0 N–H and O–H groups in total. The van der Waals surface area contributed by atoms with Crippen LogP contribution < -0.4 is 4.74 Å². The zero-order valence-electron chi connectivity index (χ0n) is 15.4. The predicted octanol–water partition coefficient (Wildman–Crippen LogP) is -1.65. The minimum atomic E-state index is -1.93. The molecule has 2 aromatic rings. The van der Waals surface area contributed by atoms with Gasteiger partial charge in [0.2, 0.25) is 0 Å². The van der Waals surface area contributed by atoms with E-state index in [0.29, 0.717) is 0 Å². The van der Waals surface area contributed by atoms with Gasteiger partial charge in [-0.2, -0.15) is 9.78 Å². The third kappa shape index (κ3) is 6.78. The van der Waals surface area contributed by atoms with Crippen molar-refractivity contribution in [3.05, 3.63) is 52.9 Å². The van der Waals surface area contributed by atoms with Crippen LogP contribution in [0.3, 0.4) is 0 Å². The number of rotatable bonds is 14. The summed E-state index contributed by atoms with van der Waals surface area (Å²) in [7, 11) is 0. The first-order chi connectivity index (χ1) is 15.1. The lowest BCUT2D eigenvalue weighted by molar-refractivity contribution is -0.782. The molecular formula is C10H10N10O12. The third-order valence-electron chi connectivity index (χ3n) is 3.37. The molecule has 0 aliphatic heterocycles. The second kappa shape index (κ2) is 10.1. The van der Waals surface area contributed by atoms with E-state index in [2.05, 4.69) is 40.0 Å². The Bertz CT molecular complexity index is 934.